The number of nitrogens with zero attached hydrogens (tertiary/aromatic N) is 5. The minimum absolute atomic E-state index is 0.121. The molecule has 2 saturated heterocycles. The SMILES string of the molecule is Cc1cc(Nc2ncc(Cl)c(Nc3ccccc3S(=O)(=O)C(C)C)n2)c(OC(C)C)cc1N1CCC(N(C)Cc2ccc(N3CCC(=O)NC3=O)cc2F)CC1. The number of anilines is 6. The Morgan fingerprint density at radius 3 is 2.43 bits per heavy atom. The molecule has 3 amide bonds. The molecule has 2 aliphatic heterocycles. The van der Waals surface area contributed by atoms with Crippen molar-refractivity contribution in [3.05, 3.63) is 82.8 Å². The lowest BCUT2D eigenvalue weighted by Crippen LogP contribution is -2.49. The molecule has 0 radical (unpaired) electrons. The second kappa shape index (κ2) is 17.0. The van der Waals surface area contributed by atoms with Gasteiger partial charge in [0, 0.05) is 61.6 Å². The number of ether oxygens (including phenoxy) is 1. The van der Waals surface area contributed by atoms with E-state index in [-0.39, 0.29) is 52.7 Å². The van der Waals surface area contributed by atoms with Crippen molar-refractivity contribution in [1.82, 2.24) is 20.2 Å². The number of carbonyl (C=O) groups excluding carboxylic acids is 2. The normalized spacial score (nSPS) is 15.5. The summed E-state index contributed by atoms with van der Waals surface area (Å²) in [5, 5.41) is 8.26. The smallest absolute Gasteiger partial charge is 0.328 e. The number of carbonyl (C=O) groups is 2. The first-order valence-electron chi connectivity index (χ1n) is 18.7. The third kappa shape index (κ3) is 9.17. The molecule has 0 unspecified atom stereocenters. The van der Waals surface area contributed by atoms with E-state index in [1.807, 2.05) is 40.0 Å². The summed E-state index contributed by atoms with van der Waals surface area (Å²) in [6.07, 6.45) is 3.24. The first-order chi connectivity index (χ1) is 26.6. The Balaban J connectivity index is 1.13. The summed E-state index contributed by atoms with van der Waals surface area (Å²) in [6, 6.07) is 15.1. The molecule has 0 spiro atoms. The van der Waals surface area contributed by atoms with Crippen LogP contribution in [0.5, 0.6) is 5.75 Å². The number of rotatable bonds is 13. The maximum atomic E-state index is 15.3. The highest BCUT2D eigenvalue weighted by Crippen LogP contribution is 2.38. The second-order valence-corrected chi connectivity index (χ2v) is 17.6. The number of para-hydroxylation sites is 1. The monoisotopic (exact) mass is 806 g/mol. The predicted octanol–water partition coefficient (Wildman–Crippen LogP) is 7.58. The van der Waals surface area contributed by atoms with Crippen LogP contribution in [0.15, 0.2) is 65.7 Å². The minimum Gasteiger partial charge on any atom is -0.489 e. The van der Waals surface area contributed by atoms with Gasteiger partial charge in [-0.25, -0.2) is 22.6 Å². The van der Waals surface area contributed by atoms with E-state index in [1.54, 1.807) is 50.2 Å². The van der Waals surface area contributed by atoms with Gasteiger partial charge in [0.2, 0.25) is 11.9 Å². The van der Waals surface area contributed by atoms with Crippen LogP contribution in [0.2, 0.25) is 5.02 Å². The fourth-order valence-electron chi connectivity index (χ4n) is 6.89. The molecule has 0 atom stereocenters. The lowest BCUT2D eigenvalue weighted by atomic mass is 10.0. The Labute approximate surface area is 332 Å². The highest BCUT2D eigenvalue weighted by Gasteiger charge is 2.28. The van der Waals surface area contributed by atoms with Crippen LogP contribution in [0.1, 0.15) is 58.1 Å². The Morgan fingerprint density at radius 2 is 1.75 bits per heavy atom. The molecule has 0 saturated carbocycles. The third-order valence-corrected chi connectivity index (χ3v) is 12.5. The molecule has 13 nitrogen and oxygen atoms in total. The topological polar surface area (TPSA) is 149 Å². The third-order valence-electron chi connectivity index (χ3n) is 9.97. The summed E-state index contributed by atoms with van der Waals surface area (Å²) in [5.74, 6) is 0.380. The van der Waals surface area contributed by atoms with Crippen LogP contribution < -0.4 is 30.5 Å². The zero-order chi connectivity index (χ0) is 40.3. The first-order valence-corrected chi connectivity index (χ1v) is 20.6. The number of aryl methyl sites for hydroxylation is 1. The predicted molar refractivity (Wildman–Crippen MR) is 218 cm³/mol. The number of benzene rings is 3. The number of aromatic nitrogens is 2. The lowest BCUT2D eigenvalue weighted by molar-refractivity contribution is -0.120. The van der Waals surface area contributed by atoms with Crippen molar-refractivity contribution < 1.29 is 27.1 Å². The van der Waals surface area contributed by atoms with Crippen LogP contribution in [0.3, 0.4) is 0 Å². The van der Waals surface area contributed by atoms with Crippen LogP contribution in [-0.4, -0.2) is 79.3 Å². The summed E-state index contributed by atoms with van der Waals surface area (Å²) in [4.78, 5) is 38.8. The molecule has 3 heterocycles. The van der Waals surface area contributed by atoms with Gasteiger partial charge in [-0.05, 0) is 90.4 Å². The van der Waals surface area contributed by atoms with Crippen LogP contribution in [0.25, 0.3) is 0 Å². The molecule has 2 aliphatic rings. The number of hydrogen-bond acceptors (Lipinski definition) is 11. The summed E-state index contributed by atoms with van der Waals surface area (Å²) in [6.45, 7) is 11.4. The zero-order valence-electron chi connectivity index (χ0n) is 32.4. The van der Waals surface area contributed by atoms with Crippen molar-refractivity contribution >= 4 is 67.9 Å². The Kier molecular flexibility index (Phi) is 12.4. The molecule has 4 aromatic rings. The molecule has 3 aromatic carbocycles. The first kappa shape index (κ1) is 40.7. The molecular formula is C40H48ClFN8O5S. The maximum absolute atomic E-state index is 15.3. The highest BCUT2D eigenvalue weighted by molar-refractivity contribution is 7.92. The van der Waals surface area contributed by atoms with Crippen molar-refractivity contribution in [3.63, 3.8) is 0 Å². The average molecular weight is 807 g/mol. The van der Waals surface area contributed by atoms with Gasteiger partial charge in [-0.1, -0.05) is 29.8 Å². The van der Waals surface area contributed by atoms with Gasteiger partial charge in [-0.3, -0.25) is 19.9 Å². The largest absolute Gasteiger partial charge is 0.489 e. The summed E-state index contributed by atoms with van der Waals surface area (Å²) >= 11 is 6.49. The van der Waals surface area contributed by atoms with Crippen molar-refractivity contribution in [2.45, 2.75) is 82.7 Å². The molecule has 0 aliphatic carbocycles. The Bertz CT molecular complexity index is 2210. The van der Waals surface area contributed by atoms with Crippen molar-refractivity contribution in [3.8, 4) is 5.75 Å². The van der Waals surface area contributed by atoms with Gasteiger partial charge < -0.3 is 20.3 Å². The second-order valence-electron chi connectivity index (χ2n) is 14.7. The quantitative estimate of drug-likeness (QED) is 0.123. The van der Waals surface area contributed by atoms with E-state index in [0.29, 0.717) is 34.9 Å². The van der Waals surface area contributed by atoms with Gasteiger partial charge in [0.05, 0.1) is 33.8 Å². The zero-order valence-corrected chi connectivity index (χ0v) is 34.0. The van der Waals surface area contributed by atoms with Gasteiger partial charge in [0.15, 0.2) is 15.7 Å². The molecule has 3 N–H and O–H groups in total. The van der Waals surface area contributed by atoms with Crippen LogP contribution in [0.4, 0.5) is 43.7 Å². The number of sulfone groups is 1. The van der Waals surface area contributed by atoms with E-state index in [4.69, 9.17) is 16.3 Å². The summed E-state index contributed by atoms with van der Waals surface area (Å²) in [7, 11) is -1.58. The van der Waals surface area contributed by atoms with Gasteiger partial charge in [0.1, 0.15) is 16.6 Å². The lowest BCUT2D eigenvalue weighted by Gasteiger charge is -2.38. The number of amides is 3. The molecule has 1 aromatic heterocycles. The van der Waals surface area contributed by atoms with E-state index >= 15 is 4.39 Å². The average Bonchev–Trinajstić information content (AvgIpc) is 3.15. The van der Waals surface area contributed by atoms with Crippen LogP contribution in [-0.2, 0) is 21.2 Å². The maximum Gasteiger partial charge on any atom is 0.328 e. The molecule has 6 rings (SSSR count). The Morgan fingerprint density at radius 1 is 1.02 bits per heavy atom. The van der Waals surface area contributed by atoms with Crippen LogP contribution in [0, 0.1) is 12.7 Å². The Hall–Kier alpha value is -4.99. The van der Waals surface area contributed by atoms with E-state index in [1.165, 1.54) is 17.2 Å². The molecule has 16 heteroatoms. The summed E-state index contributed by atoms with van der Waals surface area (Å²) < 4.78 is 47.7. The number of hydrogen-bond donors (Lipinski definition) is 3. The number of imide groups is 1. The molecule has 2 fully saturated rings. The number of nitrogens with one attached hydrogen (secondary N) is 3. The number of urea groups is 1. The van der Waals surface area contributed by atoms with Gasteiger partial charge >= 0.3 is 6.03 Å². The van der Waals surface area contributed by atoms with Crippen molar-refractivity contribution in [2.75, 3.05) is 47.1 Å². The minimum atomic E-state index is -3.58. The van der Waals surface area contributed by atoms with E-state index in [0.717, 1.165) is 37.2 Å². The molecular weight excluding hydrogens is 759 g/mol. The van der Waals surface area contributed by atoms with Gasteiger partial charge in [-0.2, -0.15) is 4.98 Å². The van der Waals surface area contributed by atoms with Crippen molar-refractivity contribution in [1.29, 1.82) is 0 Å². The number of piperidine rings is 1. The fourth-order valence-corrected chi connectivity index (χ4v) is 8.23. The highest BCUT2D eigenvalue weighted by atomic mass is 35.5. The van der Waals surface area contributed by atoms with E-state index in [2.05, 4.69) is 35.7 Å². The van der Waals surface area contributed by atoms with E-state index < -0.39 is 26.9 Å². The van der Waals surface area contributed by atoms with Crippen LogP contribution >= 0.6 is 11.6 Å². The number of halogens is 2. The standard InChI is InChI=1S/C40H48ClFN8O5S/c1-24(2)55-35-21-34(49-16-13-28(14-17-49)48(6)23-27-11-12-29(20-31(27)42)50-18-15-37(51)46-40(50)52)26(5)19-33(35)45-39-43-22-30(41)38(47-39)44-32-9-7-8-10-36(32)56(53,54)25(3)4/h7-12,19-22,24-25,28H,13-18,23H2,1-6H3,(H,46,51,52)(H2,43,44,45,47). The van der Waals surface area contributed by atoms with Gasteiger partial charge in [-0.15, -0.1) is 0 Å². The molecule has 56 heavy (non-hydrogen) atoms. The van der Waals surface area contributed by atoms with Crippen molar-refractivity contribution in [2.24, 2.45) is 0 Å². The molecule has 0 bridgehead atoms. The van der Waals surface area contributed by atoms with E-state index in [9.17, 15) is 18.0 Å². The molecule has 298 valence electrons. The fraction of sp³-hybridized carbons (Fsp3) is 0.400. The van der Waals surface area contributed by atoms with Gasteiger partial charge in [0.25, 0.3) is 0 Å². The summed E-state index contributed by atoms with van der Waals surface area (Å²) in [5.41, 5.74) is 4.04.